The van der Waals surface area contributed by atoms with Gasteiger partial charge in [-0.1, -0.05) is 11.6 Å². The largest absolute Gasteiger partial charge is 0.478 e. The number of halogens is 1. The number of carboxylic acids is 1. The van der Waals surface area contributed by atoms with E-state index in [0.29, 0.717) is 16.1 Å². The zero-order chi connectivity index (χ0) is 10.3. The van der Waals surface area contributed by atoms with Crippen LogP contribution in [0.15, 0.2) is 18.5 Å². The second kappa shape index (κ2) is 2.99. The summed E-state index contributed by atoms with van der Waals surface area (Å²) >= 11 is 5.86. The summed E-state index contributed by atoms with van der Waals surface area (Å²) in [6.45, 7) is 0. The third-order valence-electron chi connectivity index (χ3n) is 2.08. The number of aromatic nitrogens is 2. The van der Waals surface area contributed by atoms with E-state index >= 15 is 0 Å². The molecule has 0 saturated carbocycles. The number of carboxylic acid groups (broad SMARTS) is 1. The lowest BCUT2D eigenvalue weighted by Gasteiger charge is -1.96. The Bertz CT molecular complexity index is 519. The van der Waals surface area contributed by atoms with E-state index in [1.807, 2.05) is 0 Å². The molecule has 2 aromatic rings. The van der Waals surface area contributed by atoms with Crippen molar-refractivity contribution in [2.24, 2.45) is 7.05 Å². The molecule has 5 heteroatoms. The van der Waals surface area contributed by atoms with Crippen LogP contribution >= 0.6 is 11.6 Å². The average molecular weight is 211 g/mol. The number of pyridine rings is 1. The van der Waals surface area contributed by atoms with Crippen molar-refractivity contribution in [2.75, 3.05) is 0 Å². The van der Waals surface area contributed by atoms with Gasteiger partial charge in [-0.2, -0.15) is 0 Å². The molecular formula is C9H7ClN2O2. The first-order chi connectivity index (χ1) is 6.61. The van der Waals surface area contributed by atoms with Crippen molar-refractivity contribution in [3.8, 4) is 0 Å². The van der Waals surface area contributed by atoms with Crippen LogP contribution in [0.4, 0.5) is 0 Å². The maximum Gasteiger partial charge on any atom is 0.337 e. The van der Waals surface area contributed by atoms with Gasteiger partial charge in [0.15, 0.2) is 5.15 Å². The van der Waals surface area contributed by atoms with E-state index < -0.39 is 5.97 Å². The second-order valence-corrected chi connectivity index (χ2v) is 3.31. The van der Waals surface area contributed by atoms with Crippen LogP contribution in [0.1, 0.15) is 10.4 Å². The molecule has 2 aromatic heterocycles. The number of aromatic carboxylic acids is 1. The lowest BCUT2D eigenvalue weighted by molar-refractivity contribution is 0.0699. The predicted octanol–water partition coefficient (Wildman–Crippen LogP) is 1.92. The molecule has 2 heterocycles. The molecule has 0 spiro atoms. The fourth-order valence-corrected chi connectivity index (χ4v) is 1.77. The Morgan fingerprint density at radius 2 is 2.36 bits per heavy atom. The van der Waals surface area contributed by atoms with Gasteiger partial charge in [-0.05, 0) is 6.07 Å². The summed E-state index contributed by atoms with van der Waals surface area (Å²) in [6.07, 6.45) is 3.03. The van der Waals surface area contributed by atoms with Gasteiger partial charge in [0.25, 0.3) is 0 Å². The van der Waals surface area contributed by atoms with Crippen LogP contribution in [0.5, 0.6) is 0 Å². The summed E-state index contributed by atoms with van der Waals surface area (Å²) < 4.78 is 1.66. The van der Waals surface area contributed by atoms with Gasteiger partial charge in [0.2, 0.25) is 0 Å². The van der Waals surface area contributed by atoms with E-state index in [1.54, 1.807) is 17.7 Å². The summed E-state index contributed by atoms with van der Waals surface area (Å²) in [7, 11) is 1.74. The Labute approximate surface area is 84.7 Å². The molecule has 0 bridgehead atoms. The second-order valence-electron chi connectivity index (χ2n) is 2.96. The molecule has 0 aromatic carbocycles. The van der Waals surface area contributed by atoms with Crippen LogP contribution in [0.25, 0.3) is 10.9 Å². The third-order valence-corrected chi connectivity index (χ3v) is 2.35. The molecule has 0 aliphatic rings. The van der Waals surface area contributed by atoms with Gasteiger partial charge in [0, 0.05) is 24.8 Å². The number of rotatable bonds is 1. The minimum atomic E-state index is -0.960. The first-order valence-electron chi connectivity index (χ1n) is 3.94. The Morgan fingerprint density at radius 1 is 1.64 bits per heavy atom. The SMILES string of the molecule is Cn1cc(C(=O)O)c2ccnc(Cl)c21. The normalized spacial score (nSPS) is 10.7. The molecular weight excluding hydrogens is 204 g/mol. The van der Waals surface area contributed by atoms with Crippen molar-refractivity contribution in [1.82, 2.24) is 9.55 Å². The summed E-state index contributed by atoms with van der Waals surface area (Å²) in [5.41, 5.74) is 0.887. The highest BCUT2D eigenvalue weighted by Gasteiger charge is 2.14. The van der Waals surface area contributed by atoms with Gasteiger partial charge in [0.05, 0.1) is 11.1 Å². The van der Waals surface area contributed by atoms with Crippen molar-refractivity contribution >= 4 is 28.5 Å². The number of hydrogen-bond acceptors (Lipinski definition) is 2. The topological polar surface area (TPSA) is 55.1 Å². The van der Waals surface area contributed by atoms with Crippen molar-refractivity contribution in [2.45, 2.75) is 0 Å². The molecule has 0 aliphatic carbocycles. The number of hydrogen-bond donors (Lipinski definition) is 1. The first-order valence-corrected chi connectivity index (χ1v) is 4.32. The minimum absolute atomic E-state index is 0.242. The molecule has 0 fully saturated rings. The monoisotopic (exact) mass is 210 g/mol. The van der Waals surface area contributed by atoms with E-state index in [1.165, 1.54) is 12.4 Å². The van der Waals surface area contributed by atoms with E-state index in [0.717, 1.165) is 0 Å². The summed E-state index contributed by atoms with van der Waals surface area (Å²) in [4.78, 5) is 14.8. The Morgan fingerprint density at radius 3 is 3.00 bits per heavy atom. The molecule has 0 saturated heterocycles. The lowest BCUT2D eigenvalue weighted by atomic mass is 10.2. The maximum absolute atomic E-state index is 10.9. The maximum atomic E-state index is 10.9. The van der Waals surface area contributed by atoms with Crippen molar-refractivity contribution in [3.05, 3.63) is 29.2 Å². The fraction of sp³-hybridized carbons (Fsp3) is 0.111. The smallest absolute Gasteiger partial charge is 0.337 e. The zero-order valence-corrected chi connectivity index (χ0v) is 8.12. The molecule has 1 N–H and O–H groups in total. The Kier molecular flexibility index (Phi) is 1.93. The van der Waals surface area contributed by atoms with Crippen LogP contribution in [-0.4, -0.2) is 20.6 Å². The number of carbonyl (C=O) groups is 1. The van der Waals surface area contributed by atoms with E-state index in [-0.39, 0.29) is 5.56 Å². The Hall–Kier alpha value is -1.55. The molecule has 0 atom stereocenters. The lowest BCUT2D eigenvalue weighted by Crippen LogP contribution is -1.93. The number of fused-ring (bicyclic) bond motifs is 1. The third kappa shape index (κ3) is 1.15. The molecule has 2 rings (SSSR count). The highest BCUT2D eigenvalue weighted by Crippen LogP contribution is 2.25. The highest BCUT2D eigenvalue weighted by molar-refractivity contribution is 6.34. The molecule has 4 nitrogen and oxygen atoms in total. The fourth-order valence-electron chi connectivity index (χ4n) is 1.48. The Balaban J connectivity index is 2.91. The zero-order valence-electron chi connectivity index (χ0n) is 7.36. The van der Waals surface area contributed by atoms with Gasteiger partial charge in [-0.3, -0.25) is 0 Å². The molecule has 14 heavy (non-hydrogen) atoms. The van der Waals surface area contributed by atoms with Gasteiger partial charge < -0.3 is 9.67 Å². The van der Waals surface area contributed by atoms with Crippen LogP contribution in [0.2, 0.25) is 5.15 Å². The van der Waals surface area contributed by atoms with E-state index in [2.05, 4.69) is 4.98 Å². The summed E-state index contributed by atoms with van der Waals surface area (Å²) in [5, 5.41) is 9.84. The average Bonchev–Trinajstić information content (AvgIpc) is 2.45. The summed E-state index contributed by atoms with van der Waals surface area (Å²) in [6, 6.07) is 1.64. The molecule has 72 valence electrons. The molecule has 0 radical (unpaired) electrons. The number of nitrogens with zero attached hydrogens (tertiary/aromatic N) is 2. The minimum Gasteiger partial charge on any atom is -0.478 e. The van der Waals surface area contributed by atoms with Gasteiger partial charge in [-0.25, -0.2) is 9.78 Å². The highest BCUT2D eigenvalue weighted by atomic mass is 35.5. The van der Waals surface area contributed by atoms with Crippen molar-refractivity contribution < 1.29 is 9.90 Å². The van der Waals surface area contributed by atoms with Crippen LogP contribution in [0.3, 0.4) is 0 Å². The quantitative estimate of drug-likeness (QED) is 0.732. The van der Waals surface area contributed by atoms with Crippen molar-refractivity contribution in [1.29, 1.82) is 0 Å². The van der Waals surface area contributed by atoms with Gasteiger partial charge in [0.1, 0.15) is 0 Å². The van der Waals surface area contributed by atoms with Crippen molar-refractivity contribution in [3.63, 3.8) is 0 Å². The van der Waals surface area contributed by atoms with Crippen LogP contribution < -0.4 is 0 Å². The van der Waals surface area contributed by atoms with Crippen LogP contribution in [0, 0.1) is 0 Å². The molecule has 0 aliphatic heterocycles. The molecule has 0 unspecified atom stereocenters. The van der Waals surface area contributed by atoms with Gasteiger partial charge >= 0.3 is 5.97 Å². The first kappa shape index (κ1) is 9.02. The summed E-state index contributed by atoms with van der Waals surface area (Å²) in [5.74, 6) is -0.960. The van der Waals surface area contributed by atoms with Gasteiger partial charge in [-0.15, -0.1) is 0 Å². The van der Waals surface area contributed by atoms with E-state index in [9.17, 15) is 4.79 Å². The predicted molar refractivity (Wildman–Crippen MR) is 52.7 cm³/mol. The standard InChI is InChI=1S/C9H7ClN2O2/c1-12-4-6(9(13)14)5-2-3-11-8(10)7(5)12/h2-4H,1H3,(H,13,14). The molecule has 0 amide bonds. The van der Waals surface area contributed by atoms with E-state index in [4.69, 9.17) is 16.7 Å². The number of aryl methyl sites for hydroxylation is 1. The van der Waals surface area contributed by atoms with Crippen LogP contribution in [-0.2, 0) is 7.05 Å².